The van der Waals surface area contributed by atoms with Gasteiger partial charge in [0.05, 0.1) is 11.7 Å². The summed E-state index contributed by atoms with van der Waals surface area (Å²) < 4.78 is 6.43. The predicted octanol–water partition coefficient (Wildman–Crippen LogP) is 5.57. The number of ether oxygens (including phenoxy) is 1. The lowest BCUT2D eigenvalue weighted by Crippen LogP contribution is -2.56. The van der Waals surface area contributed by atoms with Gasteiger partial charge in [0.25, 0.3) is 0 Å². The van der Waals surface area contributed by atoms with Crippen molar-refractivity contribution in [1.29, 1.82) is 0 Å². The third-order valence-corrected chi connectivity index (χ3v) is 10.5. The fourth-order valence-corrected chi connectivity index (χ4v) is 8.22. The second-order valence-electron chi connectivity index (χ2n) is 13.6. The molecular weight excluding hydrogens is 456 g/mol. The first-order valence-electron chi connectivity index (χ1n) is 13.6. The van der Waals surface area contributed by atoms with Crippen LogP contribution in [0.25, 0.3) is 0 Å². The van der Waals surface area contributed by atoms with Crippen LogP contribution in [0.5, 0.6) is 0 Å². The third-order valence-electron chi connectivity index (χ3n) is 10.5. The van der Waals surface area contributed by atoms with Gasteiger partial charge in [-0.25, -0.2) is 0 Å². The topological polar surface area (TPSA) is 101 Å². The number of ketones is 3. The Labute approximate surface area is 215 Å². The summed E-state index contributed by atoms with van der Waals surface area (Å²) in [7, 11) is 0. The van der Waals surface area contributed by atoms with Crippen molar-refractivity contribution in [2.24, 2.45) is 22.2 Å². The zero-order valence-electron chi connectivity index (χ0n) is 23.3. The molecule has 0 bridgehead atoms. The number of carbonyl (C=O) groups is 3. The second kappa shape index (κ2) is 8.36. The van der Waals surface area contributed by atoms with Gasteiger partial charge in [-0.05, 0) is 97.0 Å². The zero-order valence-corrected chi connectivity index (χ0v) is 23.3. The van der Waals surface area contributed by atoms with E-state index in [9.17, 15) is 24.6 Å². The van der Waals surface area contributed by atoms with Crippen molar-refractivity contribution in [3.8, 4) is 0 Å². The van der Waals surface area contributed by atoms with Gasteiger partial charge in [0.2, 0.25) is 5.78 Å². The number of hydrogen-bond donors (Lipinski definition) is 2. The molecule has 0 unspecified atom stereocenters. The lowest BCUT2D eigenvalue weighted by molar-refractivity contribution is -0.195. The fraction of sp³-hybridized carbons (Fsp3) is 0.767. The summed E-state index contributed by atoms with van der Waals surface area (Å²) in [4.78, 5) is 38.8. The van der Waals surface area contributed by atoms with Gasteiger partial charge in [-0.3, -0.25) is 14.4 Å². The van der Waals surface area contributed by atoms with Crippen molar-refractivity contribution in [2.45, 2.75) is 124 Å². The van der Waals surface area contributed by atoms with Crippen LogP contribution in [0.1, 0.15) is 107 Å². The summed E-state index contributed by atoms with van der Waals surface area (Å²) in [6.45, 7) is 15.2. The van der Waals surface area contributed by atoms with Gasteiger partial charge in [0.15, 0.2) is 11.5 Å². The number of aliphatic hydroxyl groups is 2. The Balaban J connectivity index is 1.70. The van der Waals surface area contributed by atoms with Crippen LogP contribution in [0, 0.1) is 22.2 Å². The van der Waals surface area contributed by atoms with E-state index in [-0.39, 0.29) is 34.8 Å². The van der Waals surface area contributed by atoms with Crippen molar-refractivity contribution in [1.82, 2.24) is 0 Å². The number of allylic oxidation sites excluding steroid dienone is 3. The second-order valence-corrected chi connectivity index (χ2v) is 13.6. The molecule has 4 rings (SSSR count). The Morgan fingerprint density at radius 3 is 2.17 bits per heavy atom. The van der Waals surface area contributed by atoms with Gasteiger partial charge in [0, 0.05) is 29.2 Å². The number of carbonyl (C=O) groups excluding carboxylic acids is 3. The maximum absolute atomic E-state index is 13.2. The molecule has 0 aromatic heterocycles. The molecule has 1 saturated heterocycles. The zero-order chi connectivity index (χ0) is 27.1. The normalized spacial score (nSPS) is 40.6. The molecule has 1 aliphatic heterocycles. The van der Waals surface area contributed by atoms with E-state index in [1.54, 1.807) is 6.92 Å². The molecule has 0 spiro atoms. The Bertz CT molecular complexity index is 1070. The SMILES string of the molecule is CC1=C(CC[C@@H]2[C@@]3(C)CCC(=O)C(C)(C)O[C@@H]3CC[C@@]2(C)O)[C@]2(C)CCC(=O)C(C)(C)C2=C(O)C1=O. The highest BCUT2D eigenvalue weighted by atomic mass is 16.5. The number of Topliss-reactive ketones (excluding diaryl/α,β-unsaturated/α-hetero) is 3. The average Bonchev–Trinajstić information content (AvgIpc) is 2.85. The van der Waals surface area contributed by atoms with E-state index in [2.05, 4.69) is 13.8 Å². The van der Waals surface area contributed by atoms with Gasteiger partial charge >= 0.3 is 0 Å². The molecule has 0 radical (unpaired) electrons. The Morgan fingerprint density at radius 2 is 1.53 bits per heavy atom. The lowest BCUT2D eigenvalue weighted by atomic mass is 9.52. The third kappa shape index (κ3) is 3.86. The molecule has 0 aromatic carbocycles. The quantitative estimate of drug-likeness (QED) is 0.526. The number of fused-ring (bicyclic) bond motifs is 2. The summed E-state index contributed by atoms with van der Waals surface area (Å²) in [5, 5.41) is 22.5. The summed E-state index contributed by atoms with van der Waals surface area (Å²) in [6.07, 6.45) is 4.40. The van der Waals surface area contributed by atoms with Crippen molar-refractivity contribution in [2.75, 3.05) is 0 Å². The van der Waals surface area contributed by atoms with Gasteiger partial charge in [0.1, 0.15) is 11.4 Å². The summed E-state index contributed by atoms with van der Waals surface area (Å²) in [5.74, 6) is -0.663. The molecule has 0 amide bonds. The highest BCUT2D eigenvalue weighted by Gasteiger charge is 2.58. The molecule has 36 heavy (non-hydrogen) atoms. The molecular formula is C30H44O6. The minimum Gasteiger partial charge on any atom is -0.504 e. The molecule has 2 N–H and O–H groups in total. The molecule has 6 heteroatoms. The maximum Gasteiger partial charge on any atom is 0.223 e. The molecule has 4 aliphatic rings. The Hall–Kier alpha value is -1.79. The first kappa shape index (κ1) is 27.3. The molecule has 3 aliphatic carbocycles. The van der Waals surface area contributed by atoms with Gasteiger partial charge < -0.3 is 14.9 Å². The van der Waals surface area contributed by atoms with Crippen molar-refractivity contribution >= 4 is 17.3 Å². The predicted molar refractivity (Wildman–Crippen MR) is 137 cm³/mol. The van der Waals surface area contributed by atoms with Crippen molar-refractivity contribution in [3.63, 3.8) is 0 Å². The maximum atomic E-state index is 13.2. The molecule has 5 atom stereocenters. The van der Waals surface area contributed by atoms with Crippen LogP contribution >= 0.6 is 0 Å². The number of rotatable bonds is 3. The number of aliphatic hydroxyl groups excluding tert-OH is 1. The van der Waals surface area contributed by atoms with Crippen LogP contribution in [0.2, 0.25) is 0 Å². The molecule has 2 saturated carbocycles. The van der Waals surface area contributed by atoms with Crippen LogP contribution in [0.15, 0.2) is 22.5 Å². The standard InChI is InChI=1S/C30H44O6/c1-17-18(28(6)14-11-20(31)26(2,3)25(28)24(34)23(17)33)9-10-19-29(7)15-12-21(32)27(4,5)36-22(29)13-16-30(19,8)35/h19,22,34-35H,9-16H2,1-8H3/t19-,22-,28+,29-,30-/m1/s1. The summed E-state index contributed by atoms with van der Waals surface area (Å²) in [6, 6.07) is 0. The minimum atomic E-state index is -0.928. The lowest BCUT2D eigenvalue weighted by Gasteiger charge is -2.54. The monoisotopic (exact) mass is 500 g/mol. The molecule has 0 aromatic rings. The van der Waals surface area contributed by atoms with E-state index in [0.717, 1.165) is 5.57 Å². The smallest absolute Gasteiger partial charge is 0.223 e. The minimum absolute atomic E-state index is 0.0432. The van der Waals surface area contributed by atoms with Crippen LogP contribution in [0.4, 0.5) is 0 Å². The number of hydrogen-bond acceptors (Lipinski definition) is 6. The van der Waals surface area contributed by atoms with Gasteiger partial charge in [-0.1, -0.05) is 19.4 Å². The highest BCUT2D eigenvalue weighted by molar-refractivity contribution is 6.10. The van der Waals surface area contributed by atoms with Crippen LogP contribution in [-0.2, 0) is 19.1 Å². The first-order valence-corrected chi connectivity index (χ1v) is 13.6. The van der Waals surface area contributed by atoms with Gasteiger partial charge in [-0.15, -0.1) is 0 Å². The van der Waals surface area contributed by atoms with Crippen molar-refractivity contribution < 1.29 is 29.3 Å². The molecule has 6 nitrogen and oxygen atoms in total. The molecule has 1 heterocycles. The van der Waals surface area contributed by atoms with E-state index in [4.69, 9.17) is 4.74 Å². The van der Waals surface area contributed by atoms with E-state index in [0.29, 0.717) is 62.5 Å². The van der Waals surface area contributed by atoms with E-state index in [1.807, 2.05) is 34.6 Å². The molecule has 200 valence electrons. The largest absolute Gasteiger partial charge is 0.504 e. The highest BCUT2D eigenvalue weighted by Crippen LogP contribution is 2.60. The van der Waals surface area contributed by atoms with Crippen LogP contribution < -0.4 is 0 Å². The van der Waals surface area contributed by atoms with E-state index >= 15 is 0 Å². The summed E-state index contributed by atoms with van der Waals surface area (Å²) >= 11 is 0. The average molecular weight is 501 g/mol. The van der Waals surface area contributed by atoms with E-state index < -0.39 is 27.8 Å². The van der Waals surface area contributed by atoms with Crippen LogP contribution in [-0.4, -0.2) is 44.9 Å². The van der Waals surface area contributed by atoms with Crippen molar-refractivity contribution in [3.05, 3.63) is 22.5 Å². The summed E-state index contributed by atoms with van der Waals surface area (Å²) in [5.41, 5.74) is -1.59. The van der Waals surface area contributed by atoms with E-state index in [1.165, 1.54) is 0 Å². The molecule has 3 fully saturated rings. The first-order chi connectivity index (χ1) is 16.4. The van der Waals surface area contributed by atoms with Gasteiger partial charge in [-0.2, -0.15) is 0 Å². The Kier molecular flexibility index (Phi) is 6.33. The fourth-order valence-electron chi connectivity index (χ4n) is 8.22. The van der Waals surface area contributed by atoms with Crippen LogP contribution in [0.3, 0.4) is 0 Å². The Morgan fingerprint density at radius 1 is 0.917 bits per heavy atom.